The summed E-state index contributed by atoms with van der Waals surface area (Å²) < 4.78 is 0. The Morgan fingerprint density at radius 1 is 1.28 bits per heavy atom. The van der Waals surface area contributed by atoms with E-state index in [1.165, 1.54) is 32.1 Å². The summed E-state index contributed by atoms with van der Waals surface area (Å²) in [5.41, 5.74) is 3.17. The molecule has 18 heavy (non-hydrogen) atoms. The molecule has 1 aliphatic rings. The lowest BCUT2D eigenvalue weighted by atomic mass is 9.74. The second-order valence-electron chi connectivity index (χ2n) is 6.00. The molecule has 0 spiro atoms. The fraction of sp³-hybridized carbons (Fsp3) is 0.647. The van der Waals surface area contributed by atoms with Gasteiger partial charge in [-0.3, -0.25) is 0 Å². The van der Waals surface area contributed by atoms with Gasteiger partial charge >= 0.3 is 0 Å². The molecule has 1 aromatic rings. The Morgan fingerprint density at radius 2 is 2.06 bits per heavy atom. The van der Waals surface area contributed by atoms with E-state index in [1.807, 2.05) is 0 Å². The first-order chi connectivity index (χ1) is 8.70. The zero-order valence-corrected chi connectivity index (χ0v) is 12.1. The molecule has 2 unspecified atom stereocenters. The van der Waals surface area contributed by atoms with Gasteiger partial charge in [-0.05, 0) is 36.3 Å². The minimum Gasteiger partial charge on any atom is -0.312 e. The number of hydrogen-bond acceptors (Lipinski definition) is 1. The van der Waals surface area contributed by atoms with Gasteiger partial charge in [-0.2, -0.15) is 0 Å². The molecule has 0 radical (unpaired) electrons. The lowest BCUT2D eigenvalue weighted by molar-refractivity contribution is 0.366. The van der Waals surface area contributed by atoms with Crippen molar-refractivity contribution in [1.29, 1.82) is 0 Å². The Kier molecular flexibility index (Phi) is 4.82. The second-order valence-corrected chi connectivity index (χ2v) is 6.00. The minimum absolute atomic E-state index is 0.599. The Hall–Kier alpha value is -0.820. The van der Waals surface area contributed by atoms with Gasteiger partial charge in [0.05, 0.1) is 0 Å². The maximum Gasteiger partial charge on any atom is 0.00753 e. The van der Waals surface area contributed by atoms with Crippen molar-refractivity contribution < 1.29 is 0 Å². The van der Waals surface area contributed by atoms with E-state index in [-0.39, 0.29) is 0 Å². The van der Waals surface area contributed by atoms with Crippen molar-refractivity contribution in [2.24, 2.45) is 0 Å². The van der Waals surface area contributed by atoms with Crippen LogP contribution in [0.25, 0.3) is 0 Å². The van der Waals surface area contributed by atoms with Gasteiger partial charge in [0.15, 0.2) is 0 Å². The van der Waals surface area contributed by atoms with Crippen molar-refractivity contribution in [3.8, 4) is 0 Å². The summed E-state index contributed by atoms with van der Waals surface area (Å²) in [4.78, 5) is 0. The predicted molar refractivity (Wildman–Crippen MR) is 79.1 cm³/mol. The molecule has 1 heteroatoms. The standard InChI is InChI=1S/C17H27N/c1-4-5-9-16(18-13(2)3)12-15-11-14-8-6-7-10-17(14)15/h6-8,10,13,15-16,18H,4-5,9,11-12H2,1-3H3. The predicted octanol–water partition coefficient (Wildman–Crippen LogP) is 4.27. The molecule has 1 N–H and O–H groups in total. The number of rotatable bonds is 7. The summed E-state index contributed by atoms with van der Waals surface area (Å²) in [5, 5.41) is 3.74. The fourth-order valence-electron chi connectivity index (χ4n) is 3.11. The highest BCUT2D eigenvalue weighted by Crippen LogP contribution is 2.38. The molecular formula is C17H27N. The average Bonchev–Trinajstić information content (AvgIpc) is 2.32. The van der Waals surface area contributed by atoms with Gasteiger partial charge in [0, 0.05) is 12.1 Å². The van der Waals surface area contributed by atoms with Gasteiger partial charge in [-0.25, -0.2) is 0 Å². The molecule has 0 saturated heterocycles. The number of unbranched alkanes of at least 4 members (excludes halogenated alkanes) is 1. The highest BCUT2D eigenvalue weighted by atomic mass is 14.9. The Labute approximate surface area is 112 Å². The molecule has 100 valence electrons. The molecule has 2 atom stereocenters. The van der Waals surface area contributed by atoms with Crippen molar-refractivity contribution in [3.63, 3.8) is 0 Å². The molecule has 0 aromatic heterocycles. The number of hydrogen-bond donors (Lipinski definition) is 1. The average molecular weight is 245 g/mol. The van der Waals surface area contributed by atoms with E-state index in [1.54, 1.807) is 11.1 Å². The lowest BCUT2D eigenvalue weighted by Crippen LogP contribution is -2.37. The first-order valence-electron chi connectivity index (χ1n) is 7.54. The number of benzene rings is 1. The maximum atomic E-state index is 3.74. The van der Waals surface area contributed by atoms with E-state index < -0.39 is 0 Å². The Morgan fingerprint density at radius 3 is 2.72 bits per heavy atom. The molecule has 2 rings (SSSR count). The first kappa shape index (κ1) is 13.6. The SMILES string of the molecule is CCCCC(CC1Cc2ccccc21)NC(C)C. The molecular weight excluding hydrogens is 218 g/mol. The van der Waals surface area contributed by atoms with E-state index in [4.69, 9.17) is 0 Å². The van der Waals surface area contributed by atoms with Crippen molar-refractivity contribution >= 4 is 0 Å². The van der Waals surface area contributed by atoms with Crippen LogP contribution in [0.2, 0.25) is 0 Å². The van der Waals surface area contributed by atoms with Crippen LogP contribution in [-0.2, 0) is 6.42 Å². The van der Waals surface area contributed by atoms with Gasteiger partial charge in [0.25, 0.3) is 0 Å². The molecule has 1 nitrogen and oxygen atoms in total. The van der Waals surface area contributed by atoms with Crippen LogP contribution in [-0.4, -0.2) is 12.1 Å². The van der Waals surface area contributed by atoms with Crippen LogP contribution in [0.4, 0.5) is 0 Å². The van der Waals surface area contributed by atoms with Crippen LogP contribution in [0.15, 0.2) is 24.3 Å². The summed E-state index contributed by atoms with van der Waals surface area (Å²) in [6.45, 7) is 6.80. The highest BCUT2D eigenvalue weighted by molar-refractivity contribution is 5.39. The van der Waals surface area contributed by atoms with Crippen molar-refractivity contribution in [1.82, 2.24) is 5.32 Å². The number of nitrogens with one attached hydrogen (secondary N) is 1. The van der Waals surface area contributed by atoms with Crippen molar-refractivity contribution in [2.45, 2.75) is 70.9 Å². The van der Waals surface area contributed by atoms with Crippen LogP contribution >= 0.6 is 0 Å². The fourth-order valence-corrected chi connectivity index (χ4v) is 3.11. The second kappa shape index (κ2) is 6.38. The molecule has 0 heterocycles. The maximum absolute atomic E-state index is 3.74. The zero-order chi connectivity index (χ0) is 13.0. The van der Waals surface area contributed by atoms with Gasteiger partial charge in [0.2, 0.25) is 0 Å². The monoisotopic (exact) mass is 245 g/mol. The summed E-state index contributed by atoms with van der Waals surface area (Å²) >= 11 is 0. The molecule has 0 saturated carbocycles. The summed E-state index contributed by atoms with van der Waals surface area (Å²) in [7, 11) is 0. The third-order valence-corrected chi connectivity index (χ3v) is 4.01. The third kappa shape index (κ3) is 3.35. The van der Waals surface area contributed by atoms with E-state index >= 15 is 0 Å². The van der Waals surface area contributed by atoms with Crippen molar-refractivity contribution in [3.05, 3.63) is 35.4 Å². The van der Waals surface area contributed by atoms with Crippen LogP contribution in [0.1, 0.15) is 63.5 Å². The Bertz CT molecular complexity index is 370. The van der Waals surface area contributed by atoms with Gasteiger partial charge in [-0.1, -0.05) is 57.9 Å². The molecule has 1 aromatic carbocycles. The topological polar surface area (TPSA) is 12.0 Å². The molecule has 1 aliphatic carbocycles. The molecule has 0 bridgehead atoms. The van der Waals surface area contributed by atoms with Crippen LogP contribution < -0.4 is 5.32 Å². The third-order valence-electron chi connectivity index (χ3n) is 4.01. The summed E-state index contributed by atoms with van der Waals surface area (Å²) in [6.07, 6.45) is 6.58. The van der Waals surface area contributed by atoms with Crippen LogP contribution in [0.3, 0.4) is 0 Å². The summed E-state index contributed by atoms with van der Waals surface area (Å²) in [6, 6.07) is 10.2. The quantitative estimate of drug-likeness (QED) is 0.756. The molecule has 0 amide bonds. The highest BCUT2D eigenvalue weighted by Gasteiger charge is 2.27. The number of fused-ring (bicyclic) bond motifs is 1. The zero-order valence-electron chi connectivity index (χ0n) is 12.1. The molecule has 0 fully saturated rings. The normalized spacial score (nSPS) is 19.4. The summed E-state index contributed by atoms with van der Waals surface area (Å²) in [5.74, 6) is 0.800. The van der Waals surface area contributed by atoms with Crippen molar-refractivity contribution in [2.75, 3.05) is 0 Å². The Balaban J connectivity index is 1.90. The largest absolute Gasteiger partial charge is 0.312 e. The van der Waals surface area contributed by atoms with Gasteiger partial charge in [-0.15, -0.1) is 0 Å². The van der Waals surface area contributed by atoms with Crippen LogP contribution in [0, 0.1) is 0 Å². The van der Waals surface area contributed by atoms with E-state index in [0.29, 0.717) is 12.1 Å². The van der Waals surface area contributed by atoms with Gasteiger partial charge < -0.3 is 5.32 Å². The van der Waals surface area contributed by atoms with E-state index in [2.05, 4.69) is 50.4 Å². The van der Waals surface area contributed by atoms with Crippen LogP contribution in [0.5, 0.6) is 0 Å². The van der Waals surface area contributed by atoms with E-state index in [0.717, 1.165) is 5.92 Å². The minimum atomic E-state index is 0.599. The first-order valence-corrected chi connectivity index (χ1v) is 7.54. The molecule has 0 aliphatic heterocycles. The smallest absolute Gasteiger partial charge is 0.00753 e. The lowest BCUT2D eigenvalue weighted by Gasteiger charge is -2.34. The van der Waals surface area contributed by atoms with E-state index in [9.17, 15) is 0 Å². The van der Waals surface area contributed by atoms with Gasteiger partial charge in [0.1, 0.15) is 0 Å².